The minimum Gasteiger partial charge on any atom is -0.336 e. The molecule has 0 saturated heterocycles. The minimum absolute atomic E-state index is 0.0197. The lowest BCUT2D eigenvalue weighted by atomic mass is 10.4. The molecule has 88 valence electrons. The Bertz CT molecular complexity index is 600. The molecule has 0 aliphatic rings. The molecule has 2 aromatic rings. The molecule has 0 aliphatic carbocycles. The Hall–Kier alpha value is -2.64. The fourth-order valence-electron chi connectivity index (χ4n) is 1.23. The van der Waals surface area contributed by atoms with Crippen molar-refractivity contribution in [2.45, 2.75) is 6.92 Å². The van der Waals surface area contributed by atoms with Crippen molar-refractivity contribution in [2.24, 2.45) is 0 Å². The number of nitrogens with zero attached hydrogens (tertiary/aromatic N) is 4. The summed E-state index contributed by atoms with van der Waals surface area (Å²) in [6.07, 6.45) is 4.24. The van der Waals surface area contributed by atoms with E-state index in [1.165, 1.54) is 29.4 Å². The zero-order chi connectivity index (χ0) is 12.4. The van der Waals surface area contributed by atoms with Crippen molar-refractivity contribution >= 4 is 12.0 Å². The minimum atomic E-state index is -0.501. The molecule has 0 aromatic carbocycles. The van der Waals surface area contributed by atoms with Crippen LogP contribution in [0.25, 0.3) is 0 Å². The van der Waals surface area contributed by atoms with Crippen LogP contribution in [0, 0.1) is 6.92 Å². The topological polar surface area (TPSA) is 108 Å². The van der Waals surface area contributed by atoms with Crippen molar-refractivity contribution in [2.75, 3.05) is 11.2 Å². The van der Waals surface area contributed by atoms with E-state index in [-0.39, 0.29) is 5.95 Å². The van der Waals surface area contributed by atoms with Crippen LogP contribution in [0.5, 0.6) is 0 Å². The number of nitrogen functional groups attached to an aromatic ring is 1. The molecule has 8 heteroatoms. The first-order chi connectivity index (χ1) is 8.08. The molecular weight excluding hydrogens is 224 g/mol. The average molecular weight is 234 g/mol. The molecule has 0 fully saturated rings. The number of rotatable bonds is 1. The highest BCUT2D eigenvalue weighted by Gasteiger charge is 2.09. The van der Waals surface area contributed by atoms with E-state index in [1.807, 2.05) is 0 Å². The van der Waals surface area contributed by atoms with Crippen molar-refractivity contribution in [3.63, 3.8) is 0 Å². The first kappa shape index (κ1) is 10.9. The molecule has 17 heavy (non-hydrogen) atoms. The Kier molecular flexibility index (Phi) is 2.61. The maximum atomic E-state index is 11.7. The fraction of sp³-hybridized carbons (Fsp3) is 0.111. The highest BCUT2D eigenvalue weighted by Crippen LogP contribution is 2.01. The second-order valence-corrected chi connectivity index (χ2v) is 3.33. The van der Waals surface area contributed by atoms with Crippen molar-refractivity contribution in [3.8, 4) is 0 Å². The van der Waals surface area contributed by atoms with Gasteiger partial charge in [0.05, 0.1) is 0 Å². The van der Waals surface area contributed by atoms with Gasteiger partial charge in [0.2, 0.25) is 5.95 Å². The summed E-state index contributed by atoms with van der Waals surface area (Å²) in [4.78, 5) is 30.2. The number of imidazole rings is 1. The number of aromatic nitrogens is 4. The number of hydrogen-bond acceptors (Lipinski definition) is 5. The lowest BCUT2D eigenvalue weighted by Gasteiger charge is -2.10. The van der Waals surface area contributed by atoms with Gasteiger partial charge in [-0.05, 0) is 6.92 Å². The summed E-state index contributed by atoms with van der Waals surface area (Å²) < 4.78 is 2.32. The second-order valence-electron chi connectivity index (χ2n) is 3.33. The molecule has 0 spiro atoms. The Morgan fingerprint density at radius 1 is 1.53 bits per heavy atom. The van der Waals surface area contributed by atoms with E-state index in [1.54, 1.807) is 6.92 Å². The van der Waals surface area contributed by atoms with Gasteiger partial charge < -0.3 is 5.84 Å². The predicted molar refractivity (Wildman–Crippen MR) is 60.0 cm³/mol. The normalized spacial score (nSPS) is 10.2. The highest BCUT2D eigenvalue weighted by molar-refractivity contribution is 5.89. The monoisotopic (exact) mass is 234 g/mol. The first-order valence-electron chi connectivity index (χ1n) is 4.73. The summed E-state index contributed by atoms with van der Waals surface area (Å²) in [6.45, 7) is 1.63. The summed E-state index contributed by atoms with van der Waals surface area (Å²) in [6, 6.07) is 0.770. The van der Waals surface area contributed by atoms with Crippen molar-refractivity contribution in [3.05, 3.63) is 40.8 Å². The molecule has 2 heterocycles. The lowest BCUT2D eigenvalue weighted by molar-refractivity contribution is 0.253. The van der Waals surface area contributed by atoms with Crippen LogP contribution in [0.15, 0.2) is 29.6 Å². The van der Waals surface area contributed by atoms with E-state index >= 15 is 0 Å². The van der Waals surface area contributed by atoms with E-state index in [0.29, 0.717) is 5.69 Å². The summed E-state index contributed by atoms with van der Waals surface area (Å²) >= 11 is 0. The average Bonchev–Trinajstić information content (AvgIpc) is 2.78. The second kappa shape index (κ2) is 4.08. The van der Waals surface area contributed by atoms with Crippen molar-refractivity contribution in [1.82, 2.24) is 19.2 Å². The van der Waals surface area contributed by atoms with Crippen LogP contribution < -0.4 is 16.7 Å². The Morgan fingerprint density at radius 3 is 2.94 bits per heavy atom. The molecule has 1 amide bonds. The molecule has 2 rings (SSSR count). The Morgan fingerprint density at radius 2 is 2.29 bits per heavy atom. The van der Waals surface area contributed by atoms with Gasteiger partial charge in [-0.3, -0.25) is 14.7 Å². The number of nitrogens with one attached hydrogen (secondary N) is 1. The van der Waals surface area contributed by atoms with Crippen LogP contribution in [-0.4, -0.2) is 25.2 Å². The van der Waals surface area contributed by atoms with Crippen LogP contribution in [0.1, 0.15) is 5.69 Å². The van der Waals surface area contributed by atoms with Gasteiger partial charge in [0.15, 0.2) is 0 Å². The summed E-state index contributed by atoms with van der Waals surface area (Å²) in [7, 11) is 0. The van der Waals surface area contributed by atoms with Crippen LogP contribution >= 0.6 is 0 Å². The van der Waals surface area contributed by atoms with Gasteiger partial charge in [0.25, 0.3) is 5.56 Å². The Balaban J connectivity index is 2.31. The molecule has 0 radical (unpaired) electrons. The van der Waals surface area contributed by atoms with Crippen LogP contribution in [0.2, 0.25) is 0 Å². The Labute approximate surface area is 95.7 Å². The quantitative estimate of drug-likeness (QED) is 0.649. The maximum absolute atomic E-state index is 11.7. The number of carbonyl (C=O) groups excluding carboxylic acids is 1. The van der Waals surface area contributed by atoms with E-state index in [2.05, 4.69) is 15.3 Å². The highest BCUT2D eigenvalue weighted by atomic mass is 16.2. The number of hydrogen-bond donors (Lipinski definition) is 2. The van der Waals surface area contributed by atoms with Gasteiger partial charge >= 0.3 is 6.03 Å². The van der Waals surface area contributed by atoms with Gasteiger partial charge in [-0.2, -0.15) is 4.98 Å². The molecule has 0 bridgehead atoms. The molecule has 0 unspecified atom stereocenters. The number of aryl methyl sites for hydroxylation is 1. The molecule has 8 nitrogen and oxygen atoms in total. The maximum Gasteiger partial charge on any atom is 0.333 e. The number of anilines is 1. The first-order valence-corrected chi connectivity index (χ1v) is 4.73. The molecule has 0 aliphatic heterocycles. The third kappa shape index (κ3) is 2.14. The van der Waals surface area contributed by atoms with Gasteiger partial charge in [0, 0.05) is 24.2 Å². The molecule has 3 N–H and O–H groups in total. The van der Waals surface area contributed by atoms with Gasteiger partial charge in [-0.25, -0.2) is 14.5 Å². The van der Waals surface area contributed by atoms with E-state index in [0.717, 1.165) is 4.68 Å². The third-order valence-electron chi connectivity index (χ3n) is 2.11. The predicted octanol–water partition coefficient (Wildman–Crippen LogP) is -0.458. The van der Waals surface area contributed by atoms with E-state index in [9.17, 15) is 9.59 Å². The van der Waals surface area contributed by atoms with E-state index < -0.39 is 11.6 Å². The fourth-order valence-corrected chi connectivity index (χ4v) is 1.23. The molecule has 0 saturated carbocycles. The van der Waals surface area contributed by atoms with Crippen LogP contribution in [-0.2, 0) is 0 Å². The smallest absolute Gasteiger partial charge is 0.333 e. The number of amides is 1. The SMILES string of the molecule is Cc1cc(=O)nc(NC(=O)n2ccnc2)n1N. The van der Waals surface area contributed by atoms with Gasteiger partial charge in [-0.15, -0.1) is 0 Å². The third-order valence-corrected chi connectivity index (χ3v) is 2.11. The largest absolute Gasteiger partial charge is 0.336 e. The lowest BCUT2D eigenvalue weighted by Crippen LogP contribution is -2.28. The van der Waals surface area contributed by atoms with Crippen molar-refractivity contribution < 1.29 is 4.79 Å². The van der Waals surface area contributed by atoms with Crippen molar-refractivity contribution in [1.29, 1.82) is 0 Å². The number of nitrogens with two attached hydrogens (primary N) is 1. The standard InChI is InChI=1S/C9H10N6O2/c1-6-4-7(16)12-8(15(6)10)13-9(17)14-3-2-11-5-14/h2-5H,10H2,1H3,(H,12,13,16,17). The summed E-state index contributed by atoms with van der Waals surface area (Å²) in [5.74, 6) is 5.61. The summed E-state index contributed by atoms with van der Waals surface area (Å²) in [5.41, 5.74) is 0.0241. The molecular formula is C9H10N6O2. The summed E-state index contributed by atoms with van der Waals surface area (Å²) in [5, 5.41) is 2.41. The zero-order valence-corrected chi connectivity index (χ0v) is 8.99. The van der Waals surface area contributed by atoms with Crippen LogP contribution in [0.4, 0.5) is 10.7 Å². The number of carbonyl (C=O) groups is 1. The molecule has 0 atom stereocenters. The van der Waals surface area contributed by atoms with E-state index in [4.69, 9.17) is 5.84 Å². The van der Waals surface area contributed by atoms with Crippen LogP contribution in [0.3, 0.4) is 0 Å². The van der Waals surface area contributed by atoms with Gasteiger partial charge in [-0.1, -0.05) is 0 Å². The zero-order valence-electron chi connectivity index (χ0n) is 8.99. The van der Waals surface area contributed by atoms with Gasteiger partial charge in [0.1, 0.15) is 6.33 Å². The molecule has 2 aromatic heterocycles.